The molecule has 0 radical (unpaired) electrons. The highest BCUT2D eigenvalue weighted by Crippen LogP contribution is 2.58. The molecule has 1 saturated heterocycles. The van der Waals surface area contributed by atoms with Crippen LogP contribution in [0.3, 0.4) is 0 Å². The van der Waals surface area contributed by atoms with Gasteiger partial charge in [-0.05, 0) is 27.7 Å². The number of aryl methyl sites for hydroxylation is 1. The number of benzene rings is 1. The summed E-state index contributed by atoms with van der Waals surface area (Å²) < 4.78 is 31.4. The normalized spacial score (nSPS) is 26.9. The average Bonchev–Trinajstić information content (AvgIpc) is 3.29. The number of aromatic hydroxyl groups is 2. The lowest BCUT2D eigenvalue weighted by Crippen LogP contribution is -2.36. The van der Waals surface area contributed by atoms with Gasteiger partial charge in [-0.1, -0.05) is 0 Å². The minimum absolute atomic E-state index is 0.0512. The van der Waals surface area contributed by atoms with Crippen molar-refractivity contribution in [3.05, 3.63) is 39.4 Å². The third-order valence-corrected chi connectivity index (χ3v) is 8.57. The number of nitrogens with zero attached hydrogens (tertiary/aromatic N) is 2. The van der Waals surface area contributed by atoms with Crippen molar-refractivity contribution in [1.29, 1.82) is 0 Å². The molecule has 0 amide bonds. The van der Waals surface area contributed by atoms with Crippen LogP contribution in [0, 0.1) is 13.8 Å². The molecule has 11 heteroatoms. The summed E-state index contributed by atoms with van der Waals surface area (Å²) in [4.78, 5) is 26.2. The Morgan fingerprint density at radius 2 is 1.91 bits per heavy atom. The number of aliphatic hydroxyl groups is 1. The second kappa shape index (κ2) is 6.45. The fourth-order valence-electron chi connectivity index (χ4n) is 5.11. The number of fused-ring (bicyclic) bond motifs is 4. The van der Waals surface area contributed by atoms with Crippen molar-refractivity contribution in [2.45, 2.75) is 45.3 Å². The Morgan fingerprint density at radius 1 is 1.24 bits per heavy atom. The smallest absolute Gasteiger partial charge is 0.185 e. The van der Waals surface area contributed by atoms with E-state index >= 15 is 0 Å². The lowest BCUT2D eigenvalue weighted by atomic mass is 9.71. The number of allylic oxidation sites excluding steroid dienone is 1. The number of Topliss-reactive ketones (excluding diaryl/α,β-unsaturated/α-hetero) is 2. The van der Waals surface area contributed by atoms with Gasteiger partial charge in [0, 0.05) is 11.6 Å². The van der Waals surface area contributed by atoms with Crippen molar-refractivity contribution in [2.24, 2.45) is 0 Å². The largest absolute Gasteiger partial charge is 0.507 e. The molecule has 1 fully saturated rings. The molecule has 2 aliphatic heterocycles. The van der Waals surface area contributed by atoms with Gasteiger partial charge in [0.2, 0.25) is 0 Å². The highest BCUT2D eigenvalue weighted by molar-refractivity contribution is 7.91. The number of rotatable bonds is 2. The van der Waals surface area contributed by atoms with E-state index in [2.05, 4.69) is 5.10 Å². The van der Waals surface area contributed by atoms with Gasteiger partial charge in [0.25, 0.3) is 0 Å². The topological polar surface area (TPSA) is 156 Å². The van der Waals surface area contributed by atoms with Crippen LogP contribution in [-0.4, -0.2) is 62.7 Å². The summed E-state index contributed by atoms with van der Waals surface area (Å²) in [5.74, 6) is -2.43. The van der Waals surface area contributed by atoms with Crippen molar-refractivity contribution in [3.8, 4) is 17.2 Å². The molecule has 1 aromatic heterocycles. The van der Waals surface area contributed by atoms with Crippen LogP contribution in [0.4, 0.5) is 0 Å². The number of aliphatic hydroxyl groups excluding tert-OH is 1. The van der Waals surface area contributed by atoms with Crippen molar-refractivity contribution in [3.63, 3.8) is 0 Å². The number of hydrogen-bond acceptors (Lipinski definition) is 9. The molecule has 3 aliphatic rings. The fraction of sp³-hybridized carbons (Fsp3) is 0.409. The third kappa shape index (κ3) is 2.63. The quantitative estimate of drug-likeness (QED) is 0.546. The highest BCUT2D eigenvalue weighted by atomic mass is 32.2. The summed E-state index contributed by atoms with van der Waals surface area (Å²) in [5, 5.41) is 36.1. The van der Waals surface area contributed by atoms with Crippen LogP contribution in [0.15, 0.2) is 5.76 Å². The Bertz CT molecular complexity index is 1440. The minimum atomic E-state index is -3.47. The zero-order valence-electron chi connectivity index (χ0n) is 18.3. The lowest BCUT2D eigenvalue weighted by Gasteiger charge is -2.28. The van der Waals surface area contributed by atoms with Crippen molar-refractivity contribution in [1.82, 2.24) is 9.78 Å². The number of hydrogen-bond donors (Lipinski definition) is 3. The van der Waals surface area contributed by atoms with Gasteiger partial charge in [-0.25, -0.2) is 8.42 Å². The molecule has 0 bridgehead atoms. The predicted molar refractivity (Wildman–Crippen MR) is 115 cm³/mol. The number of carbonyl (C=O) groups excluding carboxylic acids is 2. The van der Waals surface area contributed by atoms with Crippen LogP contribution < -0.4 is 4.74 Å². The predicted octanol–water partition coefficient (Wildman–Crippen LogP) is 1.33. The van der Waals surface area contributed by atoms with E-state index < -0.39 is 50.5 Å². The number of phenolic OH excluding ortho intramolecular Hbond substituents is 2. The lowest BCUT2D eigenvalue weighted by molar-refractivity contribution is 0.0904. The van der Waals surface area contributed by atoms with E-state index in [0.29, 0.717) is 5.69 Å². The van der Waals surface area contributed by atoms with Gasteiger partial charge in [0.1, 0.15) is 34.0 Å². The number of sulfone groups is 1. The van der Waals surface area contributed by atoms with Gasteiger partial charge in [0.15, 0.2) is 21.4 Å². The number of ether oxygens (including phenoxy) is 1. The van der Waals surface area contributed by atoms with E-state index in [1.54, 1.807) is 13.8 Å². The van der Waals surface area contributed by atoms with E-state index in [1.165, 1.54) is 24.6 Å². The maximum atomic E-state index is 13.9. The molecule has 2 aromatic rings. The SMILES string of the molecule is CC(=O)c1c(O)c(C)c(O)c2c1OC1=Cc3c(c(C)nn3C3CS(=O)(=O)CC3O)C(=O)[C@@]12C. The summed E-state index contributed by atoms with van der Waals surface area (Å²) in [6.45, 7) is 5.84. The Kier molecular flexibility index (Phi) is 4.23. The Hall–Kier alpha value is -3.18. The molecule has 33 heavy (non-hydrogen) atoms. The van der Waals surface area contributed by atoms with Crippen LogP contribution in [0.2, 0.25) is 0 Å². The number of ketones is 2. The molecular weight excluding hydrogens is 452 g/mol. The van der Waals surface area contributed by atoms with Gasteiger partial charge in [-0.3, -0.25) is 14.3 Å². The van der Waals surface area contributed by atoms with Crippen LogP contribution in [-0.2, 0) is 15.3 Å². The fourth-order valence-corrected chi connectivity index (χ4v) is 6.87. The van der Waals surface area contributed by atoms with Crippen molar-refractivity contribution in [2.75, 3.05) is 11.5 Å². The number of aromatic nitrogens is 2. The van der Waals surface area contributed by atoms with Crippen molar-refractivity contribution < 1.29 is 38.1 Å². The molecule has 3 atom stereocenters. The van der Waals surface area contributed by atoms with Crippen molar-refractivity contribution >= 4 is 27.5 Å². The molecule has 10 nitrogen and oxygen atoms in total. The molecule has 2 unspecified atom stereocenters. The number of phenols is 2. The first-order valence-corrected chi connectivity index (χ1v) is 12.1. The molecule has 3 heterocycles. The maximum Gasteiger partial charge on any atom is 0.185 e. The summed E-state index contributed by atoms with van der Waals surface area (Å²) in [6.07, 6.45) is 0.333. The second-order valence-electron chi connectivity index (χ2n) is 9.02. The van der Waals surface area contributed by atoms with E-state index in [4.69, 9.17) is 4.74 Å². The number of carbonyl (C=O) groups is 2. The van der Waals surface area contributed by atoms with Gasteiger partial charge < -0.3 is 20.1 Å². The Balaban J connectivity index is 1.76. The monoisotopic (exact) mass is 474 g/mol. The summed E-state index contributed by atoms with van der Waals surface area (Å²) in [7, 11) is -3.47. The standard InChI is InChI=1S/C22H22N2O8S/c1-8-18(27)16(10(3)25)20-17(19(8)28)22(4)14(32-20)5-11-15(21(22)29)9(2)23-24(11)12-6-33(30,31)7-13(12)26/h5,12-13,26-28H,6-7H2,1-4H3/t12?,13?,22-/m0/s1. The second-order valence-corrected chi connectivity index (χ2v) is 11.2. The van der Waals surface area contributed by atoms with E-state index in [9.17, 15) is 33.3 Å². The van der Waals surface area contributed by atoms with Gasteiger partial charge in [-0.2, -0.15) is 5.10 Å². The first-order valence-electron chi connectivity index (χ1n) is 10.3. The average molecular weight is 474 g/mol. The zero-order chi connectivity index (χ0) is 24.2. The van der Waals surface area contributed by atoms with Crippen LogP contribution in [0.1, 0.15) is 63.1 Å². The first-order chi connectivity index (χ1) is 15.3. The molecular formula is C22H22N2O8S. The highest BCUT2D eigenvalue weighted by Gasteiger charge is 2.56. The minimum Gasteiger partial charge on any atom is -0.507 e. The van der Waals surface area contributed by atoms with Crippen LogP contribution in [0.25, 0.3) is 6.08 Å². The third-order valence-electron chi connectivity index (χ3n) is 6.87. The summed E-state index contributed by atoms with van der Waals surface area (Å²) >= 11 is 0. The van der Waals surface area contributed by atoms with Crippen LogP contribution in [0.5, 0.6) is 17.2 Å². The summed E-state index contributed by atoms with van der Waals surface area (Å²) in [6, 6.07) is -0.872. The first kappa shape index (κ1) is 21.7. The van der Waals surface area contributed by atoms with Crippen LogP contribution >= 0.6 is 0 Å². The van der Waals surface area contributed by atoms with E-state index in [1.807, 2.05) is 0 Å². The maximum absolute atomic E-state index is 13.9. The molecule has 5 rings (SSSR count). The molecule has 174 valence electrons. The molecule has 1 aliphatic carbocycles. The van der Waals surface area contributed by atoms with Gasteiger partial charge in [-0.15, -0.1) is 0 Å². The zero-order valence-corrected chi connectivity index (χ0v) is 19.1. The summed E-state index contributed by atoms with van der Waals surface area (Å²) in [5.41, 5.74) is -0.667. The Morgan fingerprint density at radius 3 is 2.48 bits per heavy atom. The molecule has 0 spiro atoms. The van der Waals surface area contributed by atoms with Gasteiger partial charge >= 0.3 is 0 Å². The molecule has 0 saturated carbocycles. The van der Waals surface area contributed by atoms with E-state index in [-0.39, 0.29) is 51.0 Å². The molecule has 1 aromatic carbocycles. The Labute approximate surface area is 189 Å². The molecule has 3 N–H and O–H groups in total. The van der Waals surface area contributed by atoms with E-state index in [0.717, 1.165) is 0 Å². The van der Waals surface area contributed by atoms with Gasteiger partial charge in [0.05, 0.1) is 46.2 Å².